The first-order chi connectivity index (χ1) is 7.08. The Morgan fingerprint density at radius 1 is 1.40 bits per heavy atom. The van der Waals surface area contributed by atoms with Crippen LogP contribution in [0.4, 0.5) is 0 Å². The van der Waals surface area contributed by atoms with Crippen molar-refractivity contribution in [2.45, 2.75) is 44.6 Å². The van der Waals surface area contributed by atoms with Crippen LogP contribution in [-0.2, 0) is 14.3 Å². The number of carboxylic acids is 1. The Kier molecular flexibility index (Phi) is 3.73. The SMILES string of the molecule is CC#CC1(OC(=O)CC(=O)O)CCCC1. The van der Waals surface area contributed by atoms with Gasteiger partial charge in [-0.2, -0.15) is 0 Å². The molecule has 0 radical (unpaired) electrons. The molecule has 82 valence electrons. The van der Waals surface area contributed by atoms with Crippen molar-refractivity contribution < 1.29 is 19.4 Å². The molecule has 4 nitrogen and oxygen atoms in total. The molecule has 1 fully saturated rings. The standard InChI is InChI=1S/C11H14O4/c1-2-5-11(6-3-4-7-11)15-10(14)8-9(12)13/h3-4,6-8H2,1H3,(H,12,13). The normalized spacial score (nSPS) is 17.7. The molecule has 0 aromatic rings. The third-order valence-corrected chi connectivity index (χ3v) is 2.37. The van der Waals surface area contributed by atoms with Crippen molar-refractivity contribution in [3.8, 4) is 11.8 Å². The first-order valence-corrected chi connectivity index (χ1v) is 4.95. The van der Waals surface area contributed by atoms with Gasteiger partial charge in [0.1, 0.15) is 6.42 Å². The fraction of sp³-hybridized carbons (Fsp3) is 0.636. The summed E-state index contributed by atoms with van der Waals surface area (Å²) in [4.78, 5) is 21.5. The Bertz CT molecular complexity index is 315. The maximum Gasteiger partial charge on any atom is 0.318 e. The minimum absolute atomic E-state index is 0.590. The molecule has 0 spiro atoms. The van der Waals surface area contributed by atoms with Gasteiger partial charge in [-0.25, -0.2) is 0 Å². The van der Waals surface area contributed by atoms with Crippen molar-refractivity contribution in [2.75, 3.05) is 0 Å². The fourth-order valence-corrected chi connectivity index (χ4v) is 1.80. The number of carboxylic acid groups (broad SMARTS) is 1. The Labute approximate surface area is 88.6 Å². The van der Waals surface area contributed by atoms with E-state index in [1.54, 1.807) is 6.92 Å². The van der Waals surface area contributed by atoms with Crippen LogP contribution in [0.25, 0.3) is 0 Å². The summed E-state index contributed by atoms with van der Waals surface area (Å²) in [6.07, 6.45) is 2.76. The Hall–Kier alpha value is -1.50. The molecule has 0 aliphatic heterocycles. The zero-order valence-corrected chi connectivity index (χ0v) is 8.71. The monoisotopic (exact) mass is 210 g/mol. The average Bonchev–Trinajstić information content (AvgIpc) is 2.51. The summed E-state index contributed by atoms with van der Waals surface area (Å²) >= 11 is 0. The highest BCUT2D eigenvalue weighted by Crippen LogP contribution is 2.32. The quantitative estimate of drug-likeness (QED) is 0.433. The zero-order chi connectivity index (χ0) is 11.3. The van der Waals surface area contributed by atoms with E-state index in [0.717, 1.165) is 12.8 Å². The number of hydrogen-bond acceptors (Lipinski definition) is 3. The summed E-state index contributed by atoms with van der Waals surface area (Å²) in [7, 11) is 0. The molecule has 1 saturated carbocycles. The van der Waals surface area contributed by atoms with E-state index >= 15 is 0 Å². The minimum atomic E-state index is -1.17. The largest absolute Gasteiger partial charge is 0.481 e. The molecule has 0 aromatic heterocycles. The number of esters is 1. The second-order valence-electron chi connectivity index (χ2n) is 3.62. The van der Waals surface area contributed by atoms with Gasteiger partial charge in [0.2, 0.25) is 0 Å². The van der Waals surface area contributed by atoms with E-state index < -0.39 is 24.0 Å². The number of ether oxygens (including phenoxy) is 1. The van der Waals surface area contributed by atoms with Gasteiger partial charge in [0, 0.05) is 0 Å². The smallest absolute Gasteiger partial charge is 0.318 e. The number of hydrogen-bond donors (Lipinski definition) is 1. The second kappa shape index (κ2) is 4.83. The zero-order valence-electron chi connectivity index (χ0n) is 8.71. The molecule has 0 amide bonds. The van der Waals surface area contributed by atoms with Crippen LogP contribution in [0.5, 0.6) is 0 Å². The molecular weight excluding hydrogens is 196 g/mol. The van der Waals surface area contributed by atoms with Gasteiger partial charge in [-0.15, -0.1) is 5.92 Å². The van der Waals surface area contributed by atoms with Gasteiger partial charge in [-0.1, -0.05) is 5.92 Å². The third kappa shape index (κ3) is 3.28. The number of rotatable bonds is 3. The van der Waals surface area contributed by atoms with Crippen LogP contribution in [0, 0.1) is 11.8 Å². The molecule has 0 saturated heterocycles. The Balaban J connectivity index is 2.62. The highest BCUT2D eigenvalue weighted by atomic mass is 16.6. The summed E-state index contributed by atoms with van der Waals surface area (Å²) in [6, 6.07) is 0. The van der Waals surface area contributed by atoms with Crippen LogP contribution in [0.15, 0.2) is 0 Å². The molecular formula is C11H14O4. The van der Waals surface area contributed by atoms with Gasteiger partial charge < -0.3 is 9.84 Å². The molecule has 15 heavy (non-hydrogen) atoms. The molecule has 1 aliphatic carbocycles. The second-order valence-corrected chi connectivity index (χ2v) is 3.62. The third-order valence-electron chi connectivity index (χ3n) is 2.37. The van der Waals surface area contributed by atoms with E-state index in [9.17, 15) is 9.59 Å². The molecule has 1 rings (SSSR count). The van der Waals surface area contributed by atoms with Gasteiger partial charge in [0.05, 0.1) is 0 Å². The fourth-order valence-electron chi connectivity index (χ4n) is 1.80. The van der Waals surface area contributed by atoms with Crippen molar-refractivity contribution in [3.63, 3.8) is 0 Å². The molecule has 0 aromatic carbocycles. The summed E-state index contributed by atoms with van der Waals surface area (Å²) in [5, 5.41) is 8.43. The predicted molar refractivity (Wildman–Crippen MR) is 53.0 cm³/mol. The molecule has 4 heteroatoms. The van der Waals surface area contributed by atoms with E-state index in [1.807, 2.05) is 0 Å². The van der Waals surface area contributed by atoms with Gasteiger partial charge in [-0.3, -0.25) is 9.59 Å². The maximum atomic E-state index is 11.2. The van der Waals surface area contributed by atoms with Crippen molar-refractivity contribution in [1.82, 2.24) is 0 Å². The Morgan fingerprint density at radius 2 is 2.00 bits per heavy atom. The number of carbonyl (C=O) groups is 2. The lowest BCUT2D eigenvalue weighted by atomic mass is 10.0. The van der Waals surface area contributed by atoms with Crippen LogP contribution < -0.4 is 0 Å². The molecule has 0 unspecified atom stereocenters. The molecule has 0 heterocycles. The van der Waals surface area contributed by atoms with Gasteiger partial charge >= 0.3 is 11.9 Å². The first kappa shape index (κ1) is 11.6. The van der Waals surface area contributed by atoms with E-state index in [0.29, 0.717) is 12.8 Å². The lowest BCUT2D eigenvalue weighted by molar-refractivity contribution is -0.158. The first-order valence-electron chi connectivity index (χ1n) is 4.95. The van der Waals surface area contributed by atoms with E-state index in [-0.39, 0.29) is 0 Å². The van der Waals surface area contributed by atoms with E-state index in [4.69, 9.17) is 9.84 Å². The van der Waals surface area contributed by atoms with Crippen molar-refractivity contribution in [3.05, 3.63) is 0 Å². The van der Waals surface area contributed by atoms with Crippen LogP contribution in [0.2, 0.25) is 0 Å². The summed E-state index contributed by atoms with van der Waals surface area (Å²) in [5.74, 6) is 3.74. The predicted octanol–water partition coefficient (Wildman–Crippen LogP) is 1.34. The molecule has 0 bridgehead atoms. The lowest BCUT2D eigenvalue weighted by Crippen LogP contribution is -2.31. The topological polar surface area (TPSA) is 63.6 Å². The highest BCUT2D eigenvalue weighted by Gasteiger charge is 2.36. The Morgan fingerprint density at radius 3 is 2.47 bits per heavy atom. The van der Waals surface area contributed by atoms with E-state index in [2.05, 4.69) is 11.8 Å². The number of aliphatic carboxylic acids is 1. The van der Waals surface area contributed by atoms with Crippen molar-refractivity contribution in [1.29, 1.82) is 0 Å². The summed E-state index contributed by atoms with van der Waals surface area (Å²) in [5.41, 5.74) is -0.721. The average molecular weight is 210 g/mol. The van der Waals surface area contributed by atoms with Crippen molar-refractivity contribution in [2.24, 2.45) is 0 Å². The van der Waals surface area contributed by atoms with Crippen LogP contribution in [0.3, 0.4) is 0 Å². The van der Waals surface area contributed by atoms with Gasteiger partial charge in [0.15, 0.2) is 5.60 Å². The van der Waals surface area contributed by atoms with Crippen LogP contribution in [-0.4, -0.2) is 22.6 Å². The summed E-state index contributed by atoms with van der Waals surface area (Å²) < 4.78 is 5.16. The highest BCUT2D eigenvalue weighted by molar-refractivity contribution is 5.90. The number of carbonyl (C=O) groups excluding carboxylic acids is 1. The lowest BCUT2D eigenvalue weighted by Gasteiger charge is -2.22. The molecule has 1 N–H and O–H groups in total. The van der Waals surface area contributed by atoms with Gasteiger partial charge in [-0.05, 0) is 32.6 Å². The van der Waals surface area contributed by atoms with Crippen LogP contribution in [0.1, 0.15) is 39.0 Å². The molecule has 0 atom stereocenters. The van der Waals surface area contributed by atoms with E-state index in [1.165, 1.54) is 0 Å². The minimum Gasteiger partial charge on any atom is -0.481 e. The van der Waals surface area contributed by atoms with Crippen molar-refractivity contribution >= 4 is 11.9 Å². The molecule has 1 aliphatic rings. The maximum absolute atomic E-state index is 11.2. The summed E-state index contributed by atoms with van der Waals surface area (Å²) in [6.45, 7) is 1.69. The van der Waals surface area contributed by atoms with Crippen LogP contribution >= 0.6 is 0 Å². The van der Waals surface area contributed by atoms with Gasteiger partial charge in [0.25, 0.3) is 0 Å².